The molecule has 2 aromatic rings. The zero-order valence-electron chi connectivity index (χ0n) is 8.90. The summed E-state index contributed by atoms with van der Waals surface area (Å²) >= 11 is 1.78. The molecule has 80 valence electrons. The van der Waals surface area contributed by atoms with Gasteiger partial charge in [0.2, 0.25) is 0 Å². The summed E-state index contributed by atoms with van der Waals surface area (Å²) in [7, 11) is 0. The van der Waals surface area contributed by atoms with E-state index >= 15 is 0 Å². The number of nitrogens with one attached hydrogen (secondary N) is 1. The van der Waals surface area contributed by atoms with Crippen molar-refractivity contribution in [3.8, 4) is 0 Å². The number of aromatic nitrogens is 4. The number of nitrogens with zero attached hydrogens (tertiary/aromatic N) is 3. The largest absolute Gasteiger partial charge is 0.341 e. The number of H-pyrrole nitrogens is 1. The third kappa shape index (κ3) is 2.28. The third-order valence-corrected chi connectivity index (χ3v) is 3.37. The number of aromatic amines is 1. The first-order valence-corrected chi connectivity index (χ1v) is 6.00. The van der Waals surface area contributed by atoms with Crippen LogP contribution in [0.5, 0.6) is 0 Å². The Balaban J connectivity index is 2.23. The molecule has 0 bridgehead atoms. The molecular formula is C10H14N4S. The van der Waals surface area contributed by atoms with E-state index in [1.54, 1.807) is 24.4 Å². The highest BCUT2D eigenvalue weighted by Crippen LogP contribution is 2.27. The van der Waals surface area contributed by atoms with Gasteiger partial charge in [0.05, 0.1) is 6.33 Å². The molecule has 1 N–H and O–H groups in total. The van der Waals surface area contributed by atoms with Gasteiger partial charge in [0.15, 0.2) is 5.65 Å². The number of thioether (sulfide) groups is 1. The molecular weight excluding hydrogens is 208 g/mol. The third-order valence-electron chi connectivity index (χ3n) is 2.20. The van der Waals surface area contributed by atoms with Gasteiger partial charge in [-0.3, -0.25) is 0 Å². The summed E-state index contributed by atoms with van der Waals surface area (Å²) in [6.07, 6.45) is 5.63. The number of hydrogen-bond donors (Lipinski definition) is 1. The number of imidazole rings is 1. The van der Waals surface area contributed by atoms with E-state index in [0.29, 0.717) is 5.25 Å². The minimum Gasteiger partial charge on any atom is -0.341 e. The fraction of sp³-hybridized carbons (Fsp3) is 0.500. The first-order valence-electron chi connectivity index (χ1n) is 5.12. The minimum atomic E-state index is 0.580. The van der Waals surface area contributed by atoms with Crippen molar-refractivity contribution in [2.75, 3.05) is 0 Å². The van der Waals surface area contributed by atoms with Crippen LogP contribution in [0.4, 0.5) is 0 Å². The van der Waals surface area contributed by atoms with Gasteiger partial charge in [-0.05, 0) is 6.42 Å². The average molecular weight is 222 g/mol. The van der Waals surface area contributed by atoms with E-state index in [1.807, 2.05) is 0 Å². The van der Waals surface area contributed by atoms with Gasteiger partial charge in [-0.1, -0.05) is 20.3 Å². The van der Waals surface area contributed by atoms with Gasteiger partial charge in [-0.25, -0.2) is 15.0 Å². The Morgan fingerprint density at radius 2 is 2.27 bits per heavy atom. The normalized spacial score (nSPS) is 13.2. The summed E-state index contributed by atoms with van der Waals surface area (Å²) in [6, 6.07) is 0. The van der Waals surface area contributed by atoms with Crippen LogP contribution in [0.25, 0.3) is 11.2 Å². The molecule has 0 saturated heterocycles. The van der Waals surface area contributed by atoms with Gasteiger partial charge in [0, 0.05) is 5.25 Å². The fourth-order valence-corrected chi connectivity index (χ4v) is 2.60. The molecule has 2 aromatic heterocycles. The van der Waals surface area contributed by atoms with Crippen LogP contribution in [0.1, 0.15) is 26.7 Å². The molecule has 4 nitrogen and oxygen atoms in total. The van der Waals surface area contributed by atoms with Crippen molar-refractivity contribution < 1.29 is 0 Å². The summed E-state index contributed by atoms with van der Waals surface area (Å²) in [4.78, 5) is 15.6. The van der Waals surface area contributed by atoms with Gasteiger partial charge in [0.1, 0.15) is 16.9 Å². The maximum Gasteiger partial charge on any atom is 0.181 e. The smallest absolute Gasteiger partial charge is 0.181 e. The maximum absolute atomic E-state index is 4.28. The average Bonchev–Trinajstić information content (AvgIpc) is 2.67. The van der Waals surface area contributed by atoms with Crippen LogP contribution in [0.15, 0.2) is 17.7 Å². The Kier molecular flexibility index (Phi) is 3.20. The van der Waals surface area contributed by atoms with E-state index in [4.69, 9.17) is 0 Å². The molecule has 0 amide bonds. The summed E-state index contributed by atoms with van der Waals surface area (Å²) in [6.45, 7) is 4.42. The van der Waals surface area contributed by atoms with Gasteiger partial charge < -0.3 is 4.98 Å². The van der Waals surface area contributed by atoms with Crippen LogP contribution in [-0.2, 0) is 0 Å². The van der Waals surface area contributed by atoms with Crippen LogP contribution in [0.2, 0.25) is 0 Å². The van der Waals surface area contributed by atoms with Crippen LogP contribution < -0.4 is 0 Å². The SMILES string of the molecule is CCC[C@H](C)Sc1ncnc2nc[nH]c12. The highest BCUT2D eigenvalue weighted by molar-refractivity contribution is 8.00. The van der Waals surface area contributed by atoms with Crippen molar-refractivity contribution >= 4 is 22.9 Å². The lowest BCUT2D eigenvalue weighted by Gasteiger charge is -2.08. The summed E-state index contributed by atoms with van der Waals surface area (Å²) in [5, 5.41) is 1.58. The first kappa shape index (κ1) is 10.4. The quantitative estimate of drug-likeness (QED) is 0.638. The Labute approximate surface area is 92.9 Å². The van der Waals surface area contributed by atoms with Gasteiger partial charge >= 0.3 is 0 Å². The van der Waals surface area contributed by atoms with Gasteiger partial charge in [-0.15, -0.1) is 11.8 Å². The fourth-order valence-electron chi connectivity index (χ4n) is 1.49. The van der Waals surface area contributed by atoms with Crippen molar-refractivity contribution in [1.29, 1.82) is 0 Å². The molecule has 1 atom stereocenters. The molecule has 2 rings (SSSR count). The first-order chi connectivity index (χ1) is 7.31. The predicted octanol–water partition coefficient (Wildman–Crippen LogP) is 2.63. The number of hydrogen-bond acceptors (Lipinski definition) is 4. The Bertz CT molecular complexity index is 440. The number of fused-ring (bicyclic) bond motifs is 1. The molecule has 0 radical (unpaired) electrons. The molecule has 15 heavy (non-hydrogen) atoms. The predicted molar refractivity (Wildman–Crippen MR) is 61.9 cm³/mol. The van der Waals surface area contributed by atoms with E-state index in [0.717, 1.165) is 16.2 Å². The Morgan fingerprint density at radius 3 is 3.07 bits per heavy atom. The van der Waals surface area contributed by atoms with Crippen molar-refractivity contribution in [3.63, 3.8) is 0 Å². The molecule has 0 aliphatic heterocycles. The molecule has 0 saturated carbocycles. The van der Waals surface area contributed by atoms with E-state index < -0.39 is 0 Å². The van der Waals surface area contributed by atoms with Gasteiger partial charge in [-0.2, -0.15) is 0 Å². The topological polar surface area (TPSA) is 54.5 Å². The summed E-state index contributed by atoms with van der Waals surface area (Å²) in [5.74, 6) is 0. The lowest BCUT2D eigenvalue weighted by molar-refractivity contribution is 0.785. The summed E-state index contributed by atoms with van der Waals surface area (Å²) < 4.78 is 0. The molecule has 5 heteroatoms. The van der Waals surface area contributed by atoms with E-state index in [9.17, 15) is 0 Å². The Morgan fingerprint density at radius 1 is 1.40 bits per heavy atom. The maximum atomic E-state index is 4.28. The molecule has 2 heterocycles. The van der Waals surface area contributed by atoms with Gasteiger partial charge in [0.25, 0.3) is 0 Å². The van der Waals surface area contributed by atoms with E-state index in [-0.39, 0.29) is 0 Å². The second-order valence-corrected chi connectivity index (χ2v) is 4.92. The Hall–Kier alpha value is -1.10. The highest BCUT2D eigenvalue weighted by Gasteiger charge is 2.09. The molecule has 0 spiro atoms. The highest BCUT2D eigenvalue weighted by atomic mass is 32.2. The summed E-state index contributed by atoms with van der Waals surface area (Å²) in [5.41, 5.74) is 1.70. The van der Waals surface area contributed by atoms with Crippen molar-refractivity contribution in [1.82, 2.24) is 19.9 Å². The van der Waals surface area contributed by atoms with Crippen molar-refractivity contribution in [2.24, 2.45) is 0 Å². The van der Waals surface area contributed by atoms with E-state index in [2.05, 4.69) is 33.8 Å². The van der Waals surface area contributed by atoms with Crippen LogP contribution in [0, 0.1) is 0 Å². The molecule has 0 aliphatic rings. The number of rotatable bonds is 4. The standard InChI is InChI=1S/C10H14N4S/c1-3-4-7(2)15-10-8-9(12-5-11-8)13-6-14-10/h5-7H,3-4H2,1-2H3,(H,11,12,13,14)/t7-/m0/s1. The van der Waals surface area contributed by atoms with Crippen molar-refractivity contribution in [3.05, 3.63) is 12.7 Å². The van der Waals surface area contributed by atoms with Crippen LogP contribution in [0.3, 0.4) is 0 Å². The van der Waals surface area contributed by atoms with Crippen LogP contribution >= 0.6 is 11.8 Å². The molecule has 0 fully saturated rings. The second kappa shape index (κ2) is 4.61. The zero-order chi connectivity index (χ0) is 10.7. The van der Waals surface area contributed by atoms with E-state index in [1.165, 1.54) is 12.8 Å². The lowest BCUT2D eigenvalue weighted by atomic mass is 10.3. The van der Waals surface area contributed by atoms with Crippen LogP contribution in [-0.4, -0.2) is 25.2 Å². The minimum absolute atomic E-state index is 0.580. The molecule has 0 unspecified atom stereocenters. The zero-order valence-corrected chi connectivity index (χ0v) is 9.71. The second-order valence-electron chi connectivity index (χ2n) is 3.50. The van der Waals surface area contributed by atoms with Crippen molar-refractivity contribution in [2.45, 2.75) is 37.0 Å². The molecule has 0 aliphatic carbocycles. The molecule has 0 aromatic carbocycles. The monoisotopic (exact) mass is 222 g/mol. The lowest BCUT2D eigenvalue weighted by Crippen LogP contribution is -1.96.